The van der Waals surface area contributed by atoms with Crippen LogP contribution >= 0.6 is 49.9 Å². The molecule has 48 valence electrons. The fraction of sp³-hybridized carbons (Fsp3) is 0. The third-order valence-electron chi connectivity index (χ3n) is 0.815. The first-order valence-electron chi connectivity index (χ1n) is 2.34. The van der Waals surface area contributed by atoms with Crippen molar-refractivity contribution in [3.05, 3.63) is 24.9 Å². The second kappa shape index (κ2) is 3.73. The van der Waals surface area contributed by atoms with Crippen LogP contribution in [0.2, 0.25) is 0 Å². The summed E-state index contributed by atoms with van der Waals surface area (Å²) in [4.78, 5) is 1.29. The van der Waals surface area contributed by atoms with Gasteiger partial charge in [0.05, 0.1) is 0 Å². The maximum atomic E-state index is 3.38. The summed E-state index contributed by atoms with van der Waals surface area (Å²) in [6.07, 6.45) is 2.08. The molecule has 0 N–H and O–H groups in total. The van der Waals surface area contributed by atoms with E-state index in [9.17, 15) is 0 Å². The zero-order valence-corrected chi connectivity index (χ0v) is 9.03. The van der Waals surface area contributed by atoms with Crippen LogP contribution in [0.5, 0.6) is 0 Å². The van der Waals surface area contributed by atoms with Crippen LogP contribution in [-0.4, -0.2) is 0 Å². The fourth-order valence-electron chi connectivity index (χ4n) is 0.478. The molecule has 0 aliphatic rings. The Balaban J connectivity index is 2.85. The Kier molecular flexibility index (Phi) is 3.21. The standard InChI is InChI=1S/C6H4BrIS/c7-5-3-6(1-2-8)9-4-5/h1-4H/b2-1-. The van der Waals surface area contributed by atoms with Crippen molar-refractivity contribution in [3.63, 3.8) is 0 Å². The number of hydrogen-bond donors (Lipinski definition) is 0. The summed E-state index contributed by atoms with van der Waals surface area (Å²) in [7, 11) is 0. The second-order valence-corrected chi connectivity index (χ2v) is 4.04. The van der Waals surface area contributed by atoms with E-state index < -0.39 is 0 Å². The van der Waals surface area contributed by atoms with Crippen LogP contribution in [0.1, 0.15) is 4.88 Å². The van der Waals surface area contributed by atoms with E-state index in [1.807, 2.05) is 4.08 Å². The molecule has 0 aliphatic heterocycles. The zero-order chi connectivity index (χ0) is 6.69. The molecule has 0 unspecified atom stereocenters. The van der Waals surface area contributed by atoms with E-state index in [0.717, 1.165) is 4.47 Å². The van der Waals surface area contributed by atoms with Crippen LogP contribution in [0.4, 0.5) is 0 Å². The number of thiophene rings is 1. The molecule has 0 nitrogen and oxygen atoms in total. The molecule has 1 aromatic heterocycles. The molecule has 0 aliphatic carbocycles. The van der Waals surface area contributed by atoms with Crippen molar-refractivity contribution in [2.75, 3.05) is 0 Å². The molecule has 9 heavy (non-hydrogen) atoms. The molecule has 0 spiro atoms. The number of halogens is 2. The van der Waals surface area contributed by atoms with Gasteiger partial charge in [0.25, 0.3) is 0 Å². The smallest absolute Gasteiger partial charge is 0.0288 e. The summed E-state index contributed by atoms with van der Waals surface area (Å²) in [5.41, 5.74) is 0. The Bertz CT molecular complexity index is 217. The molecular weight excluding hydrogens is 311 g/mol. The molecule has 0 saturated carbocycles. The van der Waals surface area contributed by atoms with Crippen molar-refractivity contribution in [2.45, 2.75) is 0 Å². The Morgan fingerprint density at radius 2 is 2.44 bits per heavy atom. The van der Waals surface area contributed by atoms with E-state index in [0.29, 0.717) is 0 Å². The van der Waals surface area contributed by atoms with Crippen molar-refractivity contribution in [1.29, 1.82) is 0 Å². The highest BCUT2D eigenvalue weighted by Gasteiger charge is 1.89. The average molecular weight is 315 g/mol. The van der Waals surface area contributed by atoms with Gasteiger partial charge in [-0.1, -0.05) is 22.6 Å². The van der Waals surface area contributed by atoms with Gasteiger partial charge < -0.3 is 0 Å². The molecule has 0 saturated heterocycles. The average Bonchev–Trinajstić information content (AvgIpc) is 2.17. The third-order valence-corrected chi connectivity index (χ3v) is 2.83. The van der Waals surface area contributed by atoms with Crippen molar-refractivity contribution >= 4 is 55.9 Å². The first kappa shape index (κ1) is 7.75. The van der Waals surface area contributed by atoms with Crippen LogP contribution < -0.4 is 0 Å². The Labute approximate surface area is 80.2 Å². The van der Waals surface area contributed by atoms with E-state index in [-0.39, 0.29) is 0 Å². The van der Waals surface area contributed by atoms with Crippen LogP contribution in [0, 0.1) is 0 Å². The summed E-state index contributed by atoms with van der Waals surface area (Å²) in [5, 5.41) is 2.08. The monoisotopic (exact) mass is 314 g/mol. The lowest BCUT2D eigenvalue weighted by Crippen LogP contribution is -1.50. The van der Waals surface area contributed by atoms with Gasteiger partial charge >= 0.3 is 0 Å². The van der Waals surface area contributed by atoms with Crippen molar-refractivity contribution in [1.82, 2.24) is 0 Å². The lowest BCUT2D eigenvalue weighted by atomic mass is 10.5. The topological polar surface area (TPSA) is 0 Å². The van der Waals surface area contributed by atoms with E-state index in [1.165, 1.54) is 4.88 Å². The minimum atomic E-state index is 1.16. The highest BCUT2D eigenvalue weighted by atomic mass is 127. The fourth-order valence-corrected chi connectivity index (χ4v) is 2.45. The summed E-state index contributed by atoms with van der Waals surface area (Å²) >= 11 is 7.32. The van der Waals surface area contributed by atoms with Gasteiger partial charge in [-0.05, 0) is 32.2 Å². The zero-order valence-electron chi connectivity index (χ0n) is 4.47. The molecule has 1 rings (SSSR count). The predicted molar refractivity (Wildman–Crippen MR) is 55.1 cm³/mol. The predicted octanol–water partition coefficient (Wildman–Crippen LogP) is 3.92. The van der Waals surface area contributed by atoms with Crippen molar-refractivity contribution in [3.8, 4) is 0 Å². The first-order valence-corrected chi connectivity index (χ1v) is 5.25. The minimum absolute atomic E-state index is 1.16. The Morgan fingerprint density at radius 1 is 1.67 bits per heavy atom. The quantitative estimate of drug-likeness (QED) is 0.689. The van der Waals surface area contributed by atoms with Gasteiger partial charge in [0.15, 0.2) is 0 Å². The molecule has 0 radical (unpaired) electrons. The molecule has 0 atom stereocenters. The van der Waals surface area contributed by atoms with Crippen LogP contribution in [0.3, 0.4) is 0 Å². The van der Waals surface area contributed by atoms with Gasteiger partial charge in [0.1, 0.15) is 0 Å². The third kappa shape index (κ3) is 2.39. The maximum absolute atomic E-state index is 3.38. The normalized spacial score (nSPS) is 10.9. The maximum Gasteiger partial charge on any atom is 0.0288 e. The van der Waals surface area contributed by atoms with Gasteiger partial charge in [-0.15, -0.1) is 11.3 Å². The van der Waals surface area contributed by atoms with Crippen LogP contribution in [-0.2, 0) is 0 Å². The minimum Gasteiger partial charge on any atom is -0.143 e. The van der Waals surface area contributed by atoms with E-state index in [1.54, 1.807) is 11.3 Å². The molecule has 3 heteroatoms. The molecule has 0 fully saturated rings. The van der Waals surface area contributed by atoms with Crippen molar-refractivity contribution < 1.29 is 0 Å². The highest BCUT2D eigenvalue weighted by Crippen LogP contribution is 2.20. The molecule has 1 aromatic rings. The van der Waals surface area contributed by atoms with E-state index in [2.05, 4.69) is 56.0 Å². The van der Waals surface area contributed by atoms with Gasteiger partial charge in [-0.2, -0.15) is 0 Å². The largest absolute Gasteiger partial charge is 0.143 e. The molecule has 1 heterocycles. The van der Waals surface area contributed by atoms with Gasteiger partial charge in [0.2, 0.25) is 0 Å². The van der Waals surface area contributed by atoms with E-state index >= 15 is 0 Å². The SMILES string of the molecule is Brc1csc(/C=C\I)c1. The summed E-state index contributed by atoms with van der Waals surface area (Å²) < 4.78 is 3.17. The lowest BCUT2D eigenvalue weighted by molar-refractivity contribution is 1.86. The number of hydrogen-bond acceptors (Lipinski definition) is 1. The number of rotatable bonds is 1. The van der Waals surface area contributed by atoms with Crippen LogP contribution in [0.15, 0.2) is 20.0 Å². The van der Waals surface area contributed by atoms with Gasteiger partial charge in [-0.3, -0.25) is 0 Å². The Morgan fingerprint density at radius 3 is 2.89 bits per heavy atom. The summed E-state index contributed by atoms with van der Waals surface area (Å²) in [6, 6.07) is 2.10. The summed E-state index contributed by atoms with van der Waals surface area (Å²) in [6.45, 7) is 0. The van der Waals surface area contributed by atoms with Gasteiger partial charge in [-0.25, -0.2) is 0 Å². The molecule has 0 aromatic carbocycles. The van der Waals surface area contributed by atoms with E-state index in [4.69, 9.17) is 0 Å². The molecule has 0 amide bonds. The molecule has 0 bridgehead atoms. The van der Waals surface area contributed by atoms with Crippen LogP contribution in [0.25, 0.3) is 6.08 Å². The molecular formula is C6H4BrIS. The second-order valence-electron chi connectivity index (χ2n) is 1.46. The highest BCUT2D eigenvalue weighted by molar-refractivity contribution is 14.1. The first-order chi connectivity index (χ1) is 4.33. The van der Waals surface area contributed by atoms with Crippen molar-refractivity contribution in [2.24, 2.45) is 0 Å². The Hall–Kier alpha value is 0.650. The van der Waals surface area contributed by atoms with Gasteiger partial charge in [0, 0.05) is 14.7 Å². The lowest BCUT2D eigenvalue weighted by Gasteiger charge is -1.75. The summed E-state index contributed by atoms with van der Waals surface area (Å²) in [5.74, 6) is 0.